The lowest BCUT2D eigenvalue weighted by molar-refractivity contribution is 0.0705. The van der Waals surface area contributed by atoms with Crippen LogP contribution in [0.2, 0.25) is 0 Å². The summed E-state index contributed by atoms with van der Waals surface area (Å²) in [7, 11) is 1.64. The molecule has 0 bridgehead atoms. The maximum atomic E-state index is 10.2. The molecule has 2 aromatic carbocycles. The minimum atomic E-state index is -0.528. The van der Waals surface area contributed by atoms with E-state index in [-0.39, 0.29) is 6.61 Å². The summed E-state index contributed by atoms with van der Waals surface area (Å²) in [5.41, 5.74) is 3.72. The van der Waals surface area contributed by atoms with Gasteiger partial charge < -0.3 is 24.8 Å². The van der Waals surface area contributed by atoms with Crippen molar-refractivity contribution in [2.75, 3.05) is 33.4 Å². The van der Waals surface area contributed by atoms with Crippen molar-refractivity contribution in [1.82, 2.24) is 10.2 Å². The van der Waals surface area contributed by atoms with Crippen molar-refractivity contribution in [3.8, 4) is 11.5 Å². The molecule has 0 aliphatic heterocycles. The SMILES string of the molecule is CCN(CC)CC(O)COc1ccc(CNCc2ccccc2C)cc1OC. The summed E-state index contributed by atoms with van der Waals surface area (Å²) in [5.74, 6) is 1.34. The highest BCUT2D eigenvalue weighted by atomic mass is 16.5. The van der Waals surface area contributed by atoms with Gasteiger partial charge >= 0.3 is 0 Å². The molecule has 0 saturated carbocycles. The fourth-order valence-electron chi connectivity index (χ4n) is 3.11. The van der Waals surface area contributed by atoms with Crippen LogP contribution in [-0.2, 0) is 13.1 Å². The summed E-state index contributed by atoms with van der Waals surface area (Å²) in [6.07, 6.45) is -0.528. The largest absolute Gasteiger partial charge is 0.493 e. The van der Waals surface area contributed by atoms with Crippen molar-refractivity contribution in [3.63, 3.8) is 0 Å². The van der Waals surface area contributed by atoms with Crippen molar-refractivity contribution in [2.45, 2.75) is 40.0 Å². The number of nitrogens with one attached hydrogen (secondary N) is 1. The first-order valence-electron chi connectivity index (χ1n) is 10.0. The van der Waals surface area contributed by atoms with Gasteiger partial charge in [0.2, 0.25) is 0 Å². The molecule has 0 radical (unpaired) electrons. The highest BCUT2D eigenvalue weighted by Crippen LogP contribution is 2.28. The van der Waals surface area contributed by atoms with Crippen LogP contribution in [0.3, 0.4) is 0 Å². The molecule has 28 heavy (non-hydrogen) atoms. The van der Waals surface area contributed by atoms with Crippen LogP contribution in [-0.4, -0.2) is 49.5 Å². The van der Waals surface area contributed by atoms with E-state index in [1.165, 1.54) is 11.1 Å². The molecular weight excluding hydrogens is 352 g/mol. The van der Waals surface area contributed by atoms with Gasteiger partial charge in [0.15, 0.2) is 11.5 Å². The molecular formula is C23H34N2O3. The summed E-state index contributed by atoms with van der Waals surface area (Å²) < 4.78 is 11.3. The Kier molecular flexibility index (Phi) is 9.28. The molecule has 0 aliphatic rings. The van der Waals surface area contributed by atoms with E-state index < -0.39 is 6.10 Å². The minimum Gasteiger partial charge on any atom is -0.493 e. The third-order valence-electron chi connectivity index (χ3n) is 4.93. The summed E-state index contributed by atoms with van der Waals surface area (Å²) in [5, 5.41) is 13.7. The van der Waals surface area contributed by atoms with E-state index in [1.54, 1.807) is 7.11 Å². The third kappa shape index (κ3) is 6.82. The number of methoxy groups -OCH3 is 1. The van der Waals surface area contributed by atoms with Crippen LogP contribution in [0.25, 0.3) is 0 Å². The Hall–Kier alpha value is -2.08. The Morgan fingerprint density at radius 1 is 1.04 bits per heavy atom. The molecule has 2 aromatic rings. The molecule has 0 spiro atoms. The lowest BCUT2D eigenvalue weighted by Crippen LogP contribution is -2.35. The Labute approximate surface area is 169 Å². The van der Waals surface area contributed by atoms with E-state index in [2.05, 4.69) is 55.3 Å². The molecule has 1 atom stereocenters. The molecule has 2 rings (SSSR count). The summed E-state index contributed by atoms with van der Waals surface area (Å²) in [4.78, 5) is 2.18. The molecule has 0 aliphatic carbocycles. The van der Waals surface area contributed by atoms with Gasteiger partial charge in [-0.25, -0.2) is 0 Å². The average Bonchev–Trinajstić information content (AvgIpc) is 2.72. The Morgan fingerprint density at radius 2 is 1.79 bits per heavy atom. The molecule has 5 heteroatoms. The first-order valence-corrected chi connectivity index (χ1v) is 10.0. The monoisotopic (exact) mass is 386 g/mol. The maximum absolute atomic E-state index is 10.2. The third-order valence-corrected chi connectivity index (χ3v) is 4.93. The second-order valence-corrected chi connectivity index (χ2v) is 6.97. The fourth-order valence-corrected chi connectivity index (χ4v) is 3.11. The normalized spacial score (nSPS) is 12.2. The molecule has 0 aromatic heterocycles. The number of hydrogen-bond donors (Lipinski definition) is 2. The predicted molar refractivity (Wildman–Crippen MR) is 114 cm³/mol. The predicted octanol–water partition coefficient (Wildman–Crippen LogP) is 3.37. The van der Waals surface area contributed by atoms with Gasteiger partial charge in [0.25, 0.3) is 0 Å². The number of aryl methyl sites for hydroxylation is 1. The molecule has 154 valence electrons. The number of nitrogens with zero attached hydrogens (tertiary/aromatic N) is 1. The van der Waals surface area contributed by atoms with Crippen molar-refractivity contribution in [3.05, 3.63) is 59.2 Å². The van der Waals surface area contributed by atoms with Crippen molar-refractivity contribution in [1.29, 1.82) is 0 Å². The number of rotatable bonds is 12. The van der Waals surface area contributed by atoms with Crippen LogP contribution in [0.4, 0.5) is 0 Å². The Balaban J connectivity index is 1.88. The van der Waals surface area contributed by atoms with Crippen LogP contribution >= 0.6 is 0 Å². The second kappa shape index (κ2) is 11.7. The number of aliphatic hydroxyl groups is 1. The van der Waals surface area contributed by atoms with Gasteiger partial charge in [0.05, 0.1) is 7.11 Å². The molecule has 5 nitrogen and oxygen atoms in total. The number of hydrogen-bond acceptors (Lipinski definition) is 5. The molecule has 2 N–H and O–H groups in total. The molecule has 0 saturated heterocycles. The van der Waals surface area contributed by atoms with Gasteiger partial charge in [-0.3, -0.25) is 0 Å². The first kappa shape index (κ1) is 22.2. The number of likely N-dealkylation sites (N-methyl/N-ethyl adjacent to an activating group) is 1. The van der Waals surface area contributed by atoms with Crippen LogP contribution in [0.1, 0.15) is 30.5 Å². The fraction of sp³-hybridized carbons (Fsp3) is 0.478. The molecule has 0 fully saturated rings. The van der Waals surface area contributed by atoms with E-state index >= 15 is 0 Å². The first-order chi connectivity index (χ1) is 13.6. The quantitative estimate of drug-likeness (QED) is 0.586. The van der Waals surface area contributed by atoms with Gasteiger partial charge in [-0.15, -0.1) is 0 Å². The number of ether oxygens (including phenoxy) is 2. The van der Waals surface area contributed by atoms with E-state index in [4.69, 9.17) is 9.47 Å². The van der Waals surface area contributed by atoms with Gasteiger partial charge in [-0.2, -0.15) is 0 Å². The van der Waals surface area contributed by atoms with Crippen molar-refractivity contribution >= 4 is 0 Å². The zero-order chi connectivity index (χ0) is 20.4. The zero-order valence-electron chi connectivity index (χ0n) is 17.6. The Morgan fingerprint density at radius 3 is 2.46 bits per heavy atom. The lowest BCUT2D eigenvalue weighted by atomic mass is 10.1. The van der Waals surface area contributed by atoms with Crippen molar-refractivity contribution < 1.29 is 14.6 Å². The van der Waals surface area contributed by atoms with Crippen LogP contribution < -0.4 is 14.8 Å². The lowest BCUT2D eigenvalue weighted by Gasteiger charge is -2.22. The van der Waals surface area contributed by atoms with Crippen molar-refractivity contribution in [2.24, 2.45) is 0 Å². The second-order valence-electron chi connectivity index (χ2n) is 6.97. The zero-order valence-corrected chi connectivity index (χ0v) is 17.6. The molecule has 0 heterocycles. The molecule has 1 unspecified atom stereocenters. The standard InChI is InChI=1S/C23H34N2O3/c1-5-25(6-2)16-21(26)17-28-22-12-11-19(13-23(22)27-4)14-24-15-20-10-8-7-9-18(20)3/h7-13,21,24,26H,5-6,14-17H2,1-4H3. The van der Waals surface area contributed by atoms with Gasteiger partial charge in [0.1, 0.15) is 12.7 Å². The van der Waals surface area contributed by atoms with Crippen LogP contribution in [0.5, 0.6) is 11.5 Å². The summed E-state index contributed by atoms with van der Waals surface area (Å²) >= 11 is 0. The van der Waals surface area contributed by atoms with E-state index in [0.29, 0.717) is 18.0 Å². The highest BCUT2D eigenvalue weighted by Gasteiger charge is 2.12. The van der Waals surface area contributed by atoms with E-state index in [9.17, 15) is 5.11 Å². The highest BCUT2D eigenvalue weighted by molar-refractivity contribution is 5.43. The summed E-state index contributed by atoms with van der Waals surface area (Å²) in [6, 6.07) is 14.3. The van der Waals surface area contributed by atoms with Gasteiger partial charge in [-0.1, -0.05) is 44.2 Å². The smallest absolute Gasteiger partial charge is 0.161 e. The van der Waals surface area contributed by atoms with E-state index in [1.807, 2.05) is 18.2 Å². The Bertz CT molecular complexity index is 717. The minimum absolute atomic E-state index is 0.248. The maximum Gasteiger partial charge on any atom is 0.161 e. The number of aliphatic hydroxyl groups excluding tert-OH is 1. The van der Waals surface area contributed by atoms with Crippen LogP contribution in [0, 0.1) is 6.92 Å². The van der Waals surface area contributed by atoms with Gasteiger partial charge in [0, 0.05) is 19.6 Å². The average molecular weight is 387 g/mol. The summed E-state index contributed by atoms with van der Waals surface area (Å²) in [6.45, 7) is 10.6. The van der Waals surface area contributed by atoms with E-state index in [0.717, 1.165) is 31.7 Å². The van der Waals surface area contributed by atoms with Gasteiger partial charge in [-0.05, 0) is 48.8 Å². The molecule has 0 amide bonds. The number of benzene rings is 2. The topological polar surface area (TPSA) is 54.0 Å². The van der Waals surface area contributed by atoms with Crippen LogP contribution in [0.15, 0.2) is 42.5 Å².